The number of aliphatic imine (C=N–C) groups is 1. The highest BCUT2D eigenvalue weighted by molar-refractivity contribution is 7.98. The zero-order valence-corrected chi connectivity index (χ0v) is 20.2. The molecule has 0 bridgehead atoms. The fourth-order valence-corrected chi connectivity index (χ4v) is 4.79. The molecule has 2 heterocycles. The third-order valence-corrected chi connectivity index (χ3v) is 6.47. The minimum Gasteiger partial charge on any atom is -0.361 e. The summed E-state index contributed by atoms with van der Waals surface area (Å²) in [5.41, 5.74) is 2.13. The van der Waals surface area contributed by atoms with Crippen LogP contribution in [0.4, 0.5) is 0 Å². The van der Waals surface area contributed by atoms with Crippen molar-refractivity contribution in [2.75, 3.05) is 19.3 Å². The van der Waals surface area contributed by atoms with Crippen molar-refractivity contribution in [3.8, 4) is 0 Å². The van der Waals surface area contributed by atoms with Crippen molar-refractivity contribution in [3.63, 3.8) is 0 Å². The quantitative estimate of drug-likeness (QED) is 0.233. The van der Waals surface area contributed by atoms with Gasteiger partial charge in [-0.05, 0) is 38.9 Å². The average molecular weight is 448 g/mol. The van der Waals surface area contributed by atoms with Crippen molar-refractivity contribution in [3.05, 3.63) is 22.8 Å². The topological polar surface area (TPSA) is 93.2 Å². The largest absolute Gasteiger partial charge is 0.361 e. The van der Waals surface area contributed by atoms with E-state index in [0.717, 1.165) is 72.7 Å². The summed E-state index contributed by atoms with van der Waals surface area (Å²) in [4.78, 5) is 4.77. The third kappa shape index (κ3) is 6.02. The molecular formula is C22H37N7OS. The van der Waals surface area contributed by atoms with Gasteiger partial charge in [0.1, 0.15) is 11.6 Å². The first-order valence-electron chi connectivity index (χ1n) is 11.7. The van der Waals surface area contributed by atoms with Crippen LogP contribution >= 0.6 is 11.8 Å². The molecule has 2 N–H and O–H groups in total. The van der Waals surface area contributed by atoms with E-state index < -0.39 is 0 Å². The fraction of sp³-hybridized carbons (Fsp3) is 0.727. The maximum Gasteiger partial charge on any atom is 0.191 e. The Balaban J connectivity index is 1.56. The molecule has 1 fully saturated rings. The van der Waals surface area contributed by atoms with Crippen LogP contribution in [0, 0.1) is 0 Å². The maximum absolute atomic E-state index is 5.46. The molecule has 3 rings (SSSR count). The number of nitrogens with one attached hydrogen (secondary N) is 2. The monoisotopic (exact) mass is 447 g/mol. The van der Waals surface area contributed by atoms with E-state index in [0.29, 0.717) is 12.6 Å². The van der Waals surface area contributed by atoms with E-state index in [-0.39, 0.29) is 0 Å². The van der Waals surface area contributed by atoms with Gasteiger partial charge in [-0.3, -0.25) is 0 Å². The number of thioether (sulfide) groups is 1. The lowest BCUT2D eigenvalue weighted by Crippen LogP contribution is -2.38. The fourth-order valence-electron chi connectivity index (χ4n) is 4.22. The van der Waals surface area contributed by atoms with Gasteiger partial charge >= 0.3 is 0 Å². The Morgan fingerprint density at radius 3 is 2.65 bits per heavy atom. The van der Waals surface area contributed by atoms with Crippen molar-refractivity contribution in [1.82, 2.24) is 30.6 Å². The standard InChI is InChI=1S/C22H37N7OS/c1-5-18-17(19(6-2)30-28-18)15-25-21(23-7-3)24-14-10-13-20-26-27-22(31-4)29(20)16-11-8-9-12-16/h16H,5-15H2,1-4H3,(H2,23,24,25). The number of aryl methyl sites for hydroxylation is 3. The lowest BCUT2D eigenvalue weighted by molar-refractivity contribution is 0.380. The minimum absolute atomic E-state index is 0.573. The summed E-state index contributed by atoms with van der Waals surface area (Å²) in [6.45, 7) is 8.51. The molecule has 1 aliphatic carbocycles. The average Bonchev–Trinajstić information content (AvgIpc) is 3.53. The van der Waals surface area contributed by atoms with Gasteiger partial charge in [0.2, 0.25) is 0 Å². The Morgan fingerprint density at radius 1 is 1.16 bits per heavy atom. The molecule has 1 aliphatic rings. The molecule has 0 amide bonds. The summed E-state index contributed by atoms with van der Waals surface area (Å²) in [7, 11) is 0. The molecule has 2 aromatic heterocycles. The number of guanidine groups is 1. The van der Waals surface area contributed by atoms with Crippen molar-refractivity contribution < 1.29 is 4.52 Å². The van der Waals surface area contributed by atoms with E-state index in [1.54, 1.807) is 11.8 Å². The van der Waals surface area contributed by atoms with Crippen molar-refractivity contribution in [2.45, 2.75) is 89.9 Å². The van der Waals surface area contributed by atoms with Gasteiger partial charge in [0.15, 0.2) is 11.1 Å². The molecule has 0 spiro atoms. The Bertz CT molecular complexity index is 818. The summed E-state index contributed by atoms with van der Waals surface area (Å²) in [5, 5.41) is 21.0. The van der Waals surface area contributed by atoms with Crippen LogP contribution in [0.2, 0.25) is 0 Å². The highest BCUT2D eigenvalue weighted by atomic mass is 32.2. The zero-order valence-electron chi connectivity index (χ0n) is 19.4. The van der Waals surface area contributed by atoms with Gasteiger partial charge in [-0.2, -0.15) is 0 Å². The molecular weight excluding hydrogens is 410 g/mol. The van der Waals surface area contributed by atoms with E-state index in [2.05, 4.69) is 57.6 Å². The summed E-state index contributed by atoms with van der Waals surface area (Å²) >= 11 is 1.70. The maximum atomic E-state index is 5.46. The number of rotatable bonds is 11. The number of aromatic nitrogens is 4. The highest BCUT2D eigenvalue weighted by Gasteiger charge is 2.23. The van der Waals surface area contributed by atoms with Crippen LogP contribution in [0.5, 0.6) is 0 Å². The van der Waals surface area contributed by atoms with Crippen LogP contribution in [0.1, 0.15) is 81.8 Å². The first kappa shape index (κ1) is 23.6. The van der Waals surface area contributed by atoms with E-state index in [9.17, 15) is 0 Å². The summed E-state index contributed by atoms with van der Waals surface area (Å²) in [5.74, 6) is 2.88. The van der Waals surface area contributed by atoms with Gasteiger partial charge in [-0.1, -0.05) is 43.6 Å². The van der Waals surface area contributed by atoms with E-state index in [1.807, 2.05) is 0 Å². The molecule has 0 atom stereocenters. The number of hydrogen-bond acceptors (Lipinski definition) is 6. The van der Waals surface area contributed by atoms with E-state index in [1.165, 1.54) is 25.7 Å². The van der Waals surface area contributed by atoms with Gasteiger partial charge in [-0.15, -0.1) is 10.2 Å². The molecule has 172 valence electrons. The van der Waals surface area contributed by atoms with Gasteiger partial charge in [-0.25, -0.2) is 4.99 Å². The molecule has 1 saturated carbocycles. The molecule has 0 unspecified atom stereocenters. The second-order valence-electron chi connectivity index (χ2n) is 7.87. The smallest absolute Gasteiger partial charge is 0.191 e. The van der Waals surface area contributed by atoms with Crippen molar-refractivity contribution in [1.29, 1.82) is 0 Å². The molecule has 2 aromatic rings. The van der Waals surface area contributed by atoms with Crippen LogP contribution in [0.15, 0.2) is 14.7 Å². The van der Waals surface area contributed by atoms with Crippen molar-refractivity contribution >= 4 is 17.7 Å². The summed E-state index contributed by atoms with van der Waals surface area (Å²) in [6.07, 6.45) is 10.8. The van der Waals surface area contributed by atoms with Gasteiger partial charge < -0.3 is 19.7 Å². The first-order chi connectivity index (χ1) is 15.2. The lowest BCUT2D eigenvalue weighted by Gasteiger charge is -2.16. The number of nitrogens with zero attached hydrogens (tertiary/aromatic N) is 5. The summed E-state index contributed by atoms with van der Waals surface area (Å²) < 4.78 is 7.85. The molecule has 0 aliphatic heterocycles. The van der Waals surface area contributed by atoms with Gasteiger partial charge in [0.25, 0.3) is 0 Å². The molecule has 0 aromatic carbocycles. The van der Waals surface area contributed by atoms with E-state index in [4.69, 9.17) is 9.52 Å². The molecule has 31 heavy (non-hydrogen) atoms. The molecule has 8 nitrogen and oxygen atoms in total. The Kier molecular flexibility index (Phi) is 9.24. The Hall–Kier alpha value is -2.03. The minimum atomic E-state index is 0.573. The molecule has 0 radical (unpaired) electrons. The van der Waals surface area contributed by atoms with Crippen LogP contribution in [0.25, 0.3) is 0 Å². The highest BCUT2D eigenvalue weighted by Crippen LogP contribution is 2.33. The van der Waals surface area contributed by atoms with Crippen LogP contribution in [-0.4, -0.2) is 45.2 Å². The van der Waals surface area contributed by atoms with Crippen molar-refractivity contribution in [2.24, 2.45) is 4.99 Å². The van der Waals surface area contributed by atoms with Gasteiger partial charge in [0.05, 0.1) is 12.2 Å². The summed E-state index contributed by atoms with van der Waals surface area (Å²) in [6, 6.07) is 0.573. The Morgan fingerprint density at radius 2 is 1.97 bits per heavy atom. The van der Waals surface area contributed by atoms with Crippen LogP contribution < -0.4 is 10.6 Å². The number of hydrogen-bond donors (Lipinski definition) is 2. The van der Waals surface area contributed by atoms with Crippen LogP contribution in [0.3, 0.4) is 0 Å². The SMILES string of the molecule is CCNC(=NCc1c(CC)noc1CC)NCCCc1nnc(SC)n1C1CCCC1. The molecule has 9 heteroatoms. The third-order valence-electron chi connectivity index (χ3n) is 5.82. The second kappa shape index (κ2) is 12.1. The first-order valence-corrected chi connectivity index (χ1v) is 12.9. The predicted molar refractivity (Wildman–Crippen MR) is 126 cm³/mol. The second-order valence-corrected chi connectivity index (χ2v) is 8.65. The lowest BCUT2D eigenvalue weighted by atomic mass is 10.1. The van der Waals surface area contributed by atoms with E-state index >= 15 is 0 Å². The van der Waals surface area contributed by atoms with Gasteiger partial charge in [0, 0.05) is 37.5 Å². The van der Waals surface area contributed by atoms with Crippen LogP contribution in [-0.2, 0) is 25.8 Å². The Labute approximate surface area is 190 Å². The molecule has 0 saturated heterocycles. The zero-order chi connectivity index (χ0) is 22.1. The predicted octanol–water partition coefficient (Wildman–Crippen LogP) is 3.92. The normalized spacial score (nSPS) is 15.0.